The normalized spacial score (nSPS) is 17.8. The van der Waals surface area contributed by atoms with Gasteiger partial charge in [-0.3, -0.25) is 19.2 Å². The summed E-state index contributed by atoms with van der Waals surface area (Å²) < 4.78 is 0. The maximum Gasteiger partial charge on any atom is 0.303 e. The van der Waals surface area contributed by atoms with E-state index < -0.39 is 54.4 Å². The van der Waals surface area contributed by atoms with Gasteiger partial charge in [-0.2, -0.15) is 0 Å². The van der Waals surface area contributed by atoms with Crippen molar-refractivity contribution in [1.29, 1.82) is 0 Å². The summed E-state index contributed by atoms with van der Waals surface area (Å²) in [5.41, 5.74) is 0.870. The summed E-state index contributed by atoms with van der Waals surface area (Å²) >= 11 is 0. The minimum Gasteiger partial charge on any atom is -0.481 e. The average molecular weight is 553 g/mol. The Hall–Kier alpha value is -3.10. The highest BCUT2D eigenvalue weighted by atomic mass is 16.7. The molecule has 0 bridgehead atoms. The highest BCUT2D eigenvalue weighted by molar-refractivity contribution is 5.94. The van der Waals surface area contributed by atoms with E-state index >= 15 is 0 Å². The standard InChI is InChI=1S/C26H40N4O9/c1-15(2)14-19(29-23(34)18-8-5-13-27-18)24(35)30-21(26(37,38)39)11-10-20(31)25(36)28-17-7-4-3-6-16(17)9-12-22(32)33/h3-4,6-7,15,18-21,27,31,37-39H,5,8-14H2,1-2H3,(H,28,36)(H,29,34)(H,30,35)(H,32,33)/t18-,19-,20?,21?/m0/s1. The summed E-state index contributed by atoms with van der Waals surface area (Å²) in [5, 5.41) is 59.4. The Balaban J connectivity index is 2.01. The zero-order chi connectivity index (χ0) is 29.2. The largest absolute Gasteiger partial charge is 0.481 e. The molecule has 0 spiro atoms. The van der Waals surface area contributed by atoms with E-state index in [0.717, 1.165) is 6.42 Å². The van der Waals surface area contributed by atoms with Gasteiger partial charge >= 0.3 is 5.97 Å². The van der Waals surface area contributed by atoms with Crippen LogP contribution < -0.4 is 21.3 Å². The van der Waals surface area contributed by atoms with Gasteiger partial charge in [-0.25, -0.2) is 0 Å². The van der Waals surface area contributed by atoms with Crippen LogP contribution in [-0.2, 0) is 25.6 Å². The number of aliphatic hydroxyl groups is 4. The first-order valence-electron chi connectivity index (χ1n) is 13.1. The molecule has 218 valence electrons. The molecule has 1 heterocycles. The summed E-state index contributed by atoms with van der Waals surface area (Å²) in [6.07, 6.45) is -0.728. The van der Waals surface area contributed by atoms with Crippen molar-refractivity contribution in [3.63, 3.8) is 0 Å². The molecule has 1 aromatic rings. The van der Waals surface area contributed by atoms with E-state index in [1.165, 1.54) is 0 Å². The zero-order valence-corrected chi connectivity index (χ0v) is 22.2. The van der Waals surface area contributed by atoms with Crippen molar-refractivity contribution >= 4 is 29.4 Å². The lowest BCUT2D eigenvalue weighted by atomic mass is 10.0. The first-order chi connectivity index (χ1) is 18.3. The molecule has 0 radical (unpaired) electrons. The molecule has 1 saturated heterocycles. The van der Waals surface area contributed by atoms with E-state index in [2.05, 4.69) is 21.3 Å². The molecule has 13 heteroatoms. The van der Waals surface area contributed by atoms with Gasteiger partial charge < -0.3 is 46.8 Å². The second kappa shape index (κ2) is 14.9. The minimum atomic E-state index is -3.37. The van der Waals surface area contributed by atoms with E-state index in [-0.39, 0.29) is 37.5 Å². The van der Waals surface area contributed by atoms with Crippen molar-refractivity contribution < 1.29 is 44.7 Å². The number of nitrogens with one attached hydrogen (secondary N) is 4. The van der Waals surface area contributed by atoms with Gasteiger partial charge in [0.2, 0.25) is 11.8 Å². The maximum absolute atomic E-state index is 13.0. The van der Waals surface area contributed by atoms with Crippen LogP contribution in [0.25, 0.3) is 0 Å². The smallest absolute Gasteiger partial charge is 0.303 e. The van der Waals surface area contributed by atoms with Gasteiger partial charge in [0.1, 0.15) is 18.2 Å². The molecule has 39 heavy (non-hydrogen) atoms. The Kier molecular flexibility index (Phi) is 12.3. The molecule has 0 aliphatic carbocycles. The third kappa shape index (κ3) is 10.9. The van der Waals surface area contributed by atoms with Gasteiger partial charge in [0.05, 0.1) is 6.04 Å². The Bertz CT molecular complexity index is 990. The molecule has 2 rings (SSSR count). The molecule has 1 aliphatic heterocycles. The minimum absolute atomic E-state index is 0.00192. The van der Waals surface area contributed by atoms with Crippen LogP contribution in [0.3, 0.4) is 0 Å². The predicted octanol–water partition coefficient (Wildman–Crippen LogP) is -0.818. The summed E-state index contributed by atoms with van der Waals surface area (Å²) in [7, 11) is 0. The summed E-state index contributed by atoms with van der Waals surface area (Å²) in [5.74, 6) is -6.32. The fourth-order valence-electron chi connectivity index (χ4n) is 4.29. The van der Waals surface area contributed by atoms with Crippen LogP contribution in [0.5, 0.6) is 0 Å². The lowest BCUT2D eigenvalue weighted by Gasteiger charge is -2.30. The Morgan fingerprint density at radius 1 is 1.05 bits per heavy atom. The highest BCUT2D eigenvalue weighted by Gasteiger charge is 2.37. The van der Waals surface area contributed by atoms with Crippen LogP contribution in [0.2, 0.25) is 0 Å². The van der Waals surface area contributed by atoms with Crippen molar-refractivity contribution in [2.45, 2.75) is 89.0 Å². The molecule has 4 atom stereocenters. The third-order valence-corrected chi connectivity index (χ3v) is 6.42. The molecular weight excluding hydrogens is 512 g/mol. The van der Waals surface area contributed by atoms with Crippen molar-refractivity contribution in [2.24, 2.45) is 5.92 Å². The van der Waals surface area contributed by atoms with Crippen molar-refractivity contribution in [3.8, 4) is 0 Å². The second-order valence-electron chi connectivity index (χ2n) is 10.2. The maximum atomic E-state index is 13.0. The lowest BCUT2D eigenvalue weighted by Crippen LogP contribution is -2.58. The second-order valence-corrected chi connectivity index (χ2v) is 10.2. The first kappa shape index (κ1) is 32.1. The van der Waals surface area contributed by atoms with Gasteiger partial charge in [0, 0.05) is 12.1 Å². The van der Waals surface area contributed by atoms with E-state index in [0.29, 0.717) is 24.2 Å². The number of para-hydroxylation sites is 1. The number of carboxylic acids is 1. The molecule has 2 unspecified atom stereocenters. The molecule has 0 saturated carbocycles. The summed E-state index contributed by atoms with van der Waals surface area (Å²) in [6, 6.07) is 3.37. The molecule has 9 N–H and O–H groups in total. The van der Waals surface area contributed by atoms with Crippen LogP contribution in [-0.4, -0.2) is 86.0 Å². The van der Waals surface area contributed by atoms with E-state index in [1.54, 1.807) is 24.3 Å². The number of hydrogen-bond donors (Lipinski definition) is 9. The number of anilines is 1. The Morgan fingerprint density at radius 2 is 1.74 bits per heavy atom. The number of benzene rings is 1. The van der Waals surface area contributed by atoms with Crippen LogP contribution in [0, 0.1) is 5.92 Å². The predicted molar refractivity (Wildman–Crippen MR) is 140 cm³/mol. The van der Waals surface area contributed by atoms with Crippen LogP contribution in [0.1, 0.15) is 57.9 Å². The van der Waals surface area contributed by atoms with Crippen LogP contribution in [0.15, 0.2) is 24.3 Å². The lowest BCUT2D eigenvalue weighted by molar-refractivity contribution is -0.327. The number of amides is 3. The first-order valence-corrected chi connectivity index (χ1v) is 13.1. The highest BCUT2D eigenvalue weighted by Crippen LogP contribution is 2.19. The van der Waals surface area contributed by atoms with Crippen molar-refractivity contribution in [3.05, 3.63) is 29.8 Å². The monoisotopic (exact) mass is 552 g/mol. The average Bonchev–Trinajstić information content (AvgIpc) is 3.39. The van der Waals surface area contributed by atoms with Gasteiger partial charge in [0.15, 0.2) is 0 Å². The molecule has 13 nitrogen and oxygen atoms in total. The van der Waals surface area contributed by atoms with Gasteiger partial charge in [0.25, 0.3) is 11.9 Å². The number of aliphatic carboxylic acids is 1. The van der Waals surface area contributed by atoms with Gasteiger partial charge in [-0.1, -0.05) is 32.0 Å². The number of aryl methyl sites for hydroxylation is 1. The SMILES string of the molecule is CC(C)C[C@H](NC(=O)[C@@H]1CCCN1)C(=O)NC(CCC(O)C(=O)Nc1ccccc1CCC(=O)O)C(O)(O)O. The third-order valence-electron chi connectivity index (χ3n) is 6.42. The molecule has 0 aromatic heterocycles. The summed E-state index contributed by atoms with van der Waals surface area (Å²) in [6.45, 7) is 4.38. The van der Waals surface area contributed by atoms with Crippen molar-refractivity contribution in [2.75, 3.05) is 11.9 Å². The van der Waals surface area contributed by atoms with Crippen LogP contribution in [0.4, 0.5) is 5.69 Å². The fraction of sp³-hybridized carbons (Fsp3) is 0.615. The molecule has 3 amide bonds. The molecular formula is C26H40N4O9. The van der Waals surface area contributed by atoms with Crippen LogP contribution >= 0.6 is 0 Å². The molecule has 1 aromatic carbocycles. The fourth-order valence-corrected chi connectivity index (χ4v) is 4.29. The number of hydrogen-bond acceptors (Lipinski definition) is 9. The number of carbonyl (C=O) groups is 4. The quantitative estimate of drug-likeness (QED) is 0.123. The Morgan fingerprint density at radius 3 is 2.33 bits per heavy atom. The van der Waals surface area contributed by atoms with E-state index in [4.69, 9.17) is 5.11 Å². The van der Waals surface area contributed by atoms with Crippen molar-refractivity contribution in [1.82, 2.24) is 16.0 Å². The Labute approximate surface area is 227 Å². The van der Waals surface area contributed by atoms with Gasteiger partial charge in [-0.05, 0) is 62.6 Å². The molecule has 1 fully saturated rings. The van der Waals surface area contributed by atoms with E-state index in [1.807, 2.05) is 13.8 Å². The summed E-state index contributed by atoms with van der Waals surface area (Å²) in [4.78, 5) is 49.0. The van der Waals surface area contributed by atoms with Gasteiger partial charge in [-0.15, -0.1) is 0 Å². The number of carbonyl (C=O) groups excluding carboxylic acids is 3. The van der Waals surface area contributed by atoms with E-state index in [9.17, 15) is 39.6 Å². The number of rotatable bonds is 15. The topological polar surface area (TPSA) is 218 Å². The molecule has 1 aliphatic rings. The number of carboxylic acid groups (broad SMARTS) is 1. The zero-order valence-electron chi connectivity index (χ0n) is 22.2. The number of aliphatic hydroxyl groups excluding tert-OH is 1.